The molecule has 1 aromatic heterocycles. The standard InChI is InChI=1S/C13H8ClF3N2O2/c1-5-2-6(14)4-18-12(5)19-11-7(13(20)21)3-8(15)9(16)10(11)17/h2-4H,1H3,(H,18,19)(H,20,21). The van der Waals surface area contributed by atoms with Crippen molar-refractivity contribution >= 4 is 29.1 Å². The first-order chi connectivity index (χ1) is 9.81. The number of aromatic carboxylic acids is 1. The number of hydrogen-bond donors (Lipinski definition) is 2. The average Bonchev–Trinajstić information content (AvgIpc) is 2.41. The minimum atomic E-state index is -1.77. The number of anilines is 2. The molecule has 0 unspecified atom stereocenters. The van der Waals surface area contributed by atoms with Crippen molar-refractivity contribution in [1.82, 2.24) is 4.98 Å². The molecule has 0 saturated heterocycles. The maximum Gasteiger partial charge on any atom is 0.338 e. The topological polar surface area (TPSA) is 62.2 Å². The number of benzene rings is 1. The van der Waals surface area contributed by atoms with Crippen molar-refractivity contribution in [3.05, 3.63) is 51.9 Å². The van der Waals surface area contributed by atoms with E-state index in [9.17, 15) is 18.0 Å². The van der Waals surface area contributed by atoms with E-state index >= 15 is 0 Å². The van der Waals surface area contributed by atoms with Gasteiger partial charge >= 0.3 is 5.97 Å². The Kier molecular flexibility index (Phi) is 4.04. The molecule has 2 rings (SSSR count). The van der Waals surface area contributed by atoms with Crippen LogP contribution in [-0.4, -0.2) is 16.1 Å². The molecule has 4 nitrogen and oxygen atoms in total. The van der Waals surface area contributed by atoms with Crippen LogP contribution in [0.1, 0.15) is 15.9 Å². The fraction of sp³-hybridized carbons (Fsp3) is 0.0769. The number of hydrogen-bond acceptors (Lipinski definition) is 3. The molecule has 0 fully saturated rings. The zero-order valence-electron chi connectivity index (χ0n) is 10.5. The van der Waals surface area contributed by atoms with Gasteiger partial charge in [0.05, 0.1) is 16.3 Å². The number of carboxylic acids is 1. The van der Waals surface area contributed by atoms with Crippen molar-refractivity contribution in [1.29, 1.82) is 0 Å². The first-order valence-electron chi connectivity index (χ1n) is 5.61. The number of nitrogens with zero attached hydrogens (tertiary/aromatic N) is 1. The van der Waals surface area contributed by atoms with Gasteiger partial charge in [0, 0.05) is 6.20 Å². The molecule has 0 saturated carbocycles. The molecule has 0 bridgehead atoms. The van der Waals surface area contributed by atoms with E-state index in [1.54, 1.807) is 6.92 Å². The predicted molar refractivity (Wildman–Crippen MR) is 70.5 cm³/mol. The normalized spacial score (nSPS) is 10.5. The lowest BCUT2D eigenvalue weighted by Crippen LogP contribution is -2.10. The lowest BCUT2D eigenvalue weighted by molar-refractivity contribution is 0.0696. The van der Waals surface area contributed by atoms with Gasteiger partial charge in [-0.05, 0) is 24.6 Å². The van der Waals surface area contributed by atoms with Crippen LogP contribution in [-0.2, 0) is 0 Å². The minimum Gasteiger partial charge on any atom is -0.478 e. The van der Waals surface area contributed by atoms with Crippen molar-refractivity contribution in [3.8, 4) is 0 Å². The predicted octanol–water partition coefficient (Wildman–Crippen LogP) is 3.90. The van der Waals surface area contributed by atoms with Crippen LogP contribution in [0.5, 0.6) is 0 Å². The molecule has 0 spiro atoms. The van der Waals surface area contributed by atoms with Gasteiger partial charge in [0.15, 0.2) is 17.5 Å². The Bertz CT molecular complexity index is 738. The average molecular weight is 317 g/mol. The molecule has 2 N–H and O–H groups in total. The Hall–Kier alpha value is -2.28. The Balaban J connectivity index is 2.57. The van der Waals surface area contributed by atoms with Gasteiger partial charge in [-0.25, -0.2) is 22.9 Å². The van der Waals surface area contributed by atoms with Crippen LogP contribution in [0.25, 0.3) is 0 Å². The Morgan fingerprint density at radius 1 is 1.29 bits per heavy atom. The van der Waals surface area contributed by atoms with Crippen LogP contribution >= 0.6 is 11.6 Å². The summed E-state index contributed by atoms with van der Waals surface area (Å²) in [4.78, 5) is 14.9. The number of aryl methyl sites for hydroxylation is 1. The van der Waals surface area contributed by atoms with E-state index in [-0.39, 0.29) is 5.82 Å². The summed E-state index contributed by atoms with van der Waals surface area (Å²) in [6.07, 6.45) is 1.25. The van der Waals surface area contributed by atoms with E-state index in [2.05, 4.69) is 10.3 Å². The largest absolute Gasteiger partial charge is 0.478 e. The maximum atomic E-state index is 13.8. The Morgan fingerprint density at radius 3 is 2.52 bits per heavy atom. The Morgan fingerprint density at radius 2 is 1.95 bits per heavy atom. The molecule has 8 heteroatoms. The van der Waals surface area contributed by atoms with Gasteiger partial charge < -0.3 is 10.4 Å². The van der Waals surface area contributed by atoms with Gasteiger partial charge in [0.1, 0.15) is 5.82 Å². The number of pyridine rings is 1. The quantitative estimate of drug-likeness (QED) is 0.843. The molecule has 110 valence electrons. The summed E-state index contributed by atoms with van der Waals surface area (Å²) in [6, 6.07) is 1.89. The van der Waals surface area contributed by atoms with E-state index in [1.807, 2.05) is 0 Å². The van der Waals surface area contributed by atoms with Crippen molar-refractivity contribution < 1.29 is 23.1 Å². The fourth-order valence-corrected chi connectivity index (χ4v) is 1.89. The highest BCUT2D eigenvalue weighted by molar-refractivity contribution is 6.30. The van der Waals surface area contributed by atoms with Gasteiger partial charge in [0.25, 0.3) is 0 Å². The zero-order chi connectivity index (χ0) is 15.7. The van der Waals surface area contributed by atoms with Crippen molar-refractivity contribution in [2.24, 2.45) is 0 Å². The summed E-state index contributed by atoms with van der Waals surface area (Å²) in [6.45, 7) is 1.58. The second-order valence-corrected chi connectivity index (χ2v) is 4.59. The molecule has 0 radical (unpaired) electrons. The summed E-state index contributed by atoms with van der Waals surface area (Å²) in [5.41, 5.74) is -0.982. The molecule has 0 aliphatic carbocycles. The van der Waals surface area contributed by atoms with Gasteiger partial charge in [-0.2, -0.15) is 0 Å². The summed E-state index contributed by atoms with van der Waals surface area (Å²) < 4.78 is 40.2. The van der Waals surface area contributed by atoms with E-state index in [0.29, 0.717) is 16.7 Å². The number of aromatic nitrogens is 1. The van der Waals surface area contributed by atoms with E-state index in [1.165, 1.54) is 12.3 Å². The highest BCUT2D eigenvalue weighted by Gasteiger charge is 2.23. The SMILES string of the molecule is Cc1cc(Cl)cnc1Nc1c(C(=O)O)cc(F)c(F)c1F. The number of rotatable bonds is 3. The first-order valence-corrected chi connectivity index (χ1v) is 5.99. The third-order valence-electron chi connectivity index (χ3n) is 2.68. The Labute approximate surface area is 122 Å². The summed E-state index contributed by atoms with van der Waals surface area (Å²) in [5, 5.41) is 11.6. The molecular weight excluding hydrogens is 309 g/mol. The van der Waals surface area contributed by atoms with Crippen LogP contribution in [0.2, 0.25) is 5.02 Å². The smallest absolute Gasteiger partial charge is 0.338 e. The number of nitrogens with one attached hydrogen (secondary N) is 1. The van der Waals surface area contributed by atoms with Crippen LogP contribution < -0.4 is 5.32 Å². The molecule has 0 atom stereocenters. The van der Waals surface area contributed by atoms with Gasteiger partial charge in [-0.3, -0.25) is 0 Å². The summed E-state index contributed by atoms with van der Waals surface area (Å²) >= 11 is 5.71. The van der Waals surface area contributed by atoms with Crippen molar-refractivity contribution in [2.45, 2.75) is 6.92 Å². The fourth-order valence-electron chi connectivity index (χ4n) is 1.68. The second kappa shape index (κ2) is 5.61. The van der Waals surface area contributed by atoms with Crippen molar-refractivity contribution in [3.63, 3.8) is 0 Å². The zero-order valence-corrected chi connectivity index (χ0v) is 11.3. The number of halogens is 4. The molecule has 2 aromatic rings. The third kappa shape index (κ3) is 2.92. The van der Waals surface area contributed by atoms with Crippen molar-refractivity contribution in [2.75, 3.05) is 5.32 Å². The minimum absolute atomic E-state index is 0.0757. The lowest BCUT2D eigenvalue weighted by Gasteiger charge is -2.13. The van der Waals surface area contributed by atoms with Gasteiger partial charge in [-0.15, -0.1) is 0 Å². The molecular formula is C13H8ClF3N2O2. The molecule has 1 heterocycles. The molecule has 0 amide bonds. The van der Waals surface area contributed by atoms with Crippen LogP contribution in [0, 0.1) is 24.4 Å². The van der Waals surface area contributed by atoms with Crippen LogP contribution in [0.4, 0.5) is 24.7 Å². The highest BCUT2D eigenvalue weighted by atomic mass is 35.5. The summed E-state index contributed by atoms with van der Waals surface area (Å²) in [5.74, 6) is -6.53. The number of carboxylic acid groups (broad SMARTS) is 1. The van der Waals surface area contributed by atoms with Crippen LogP contribution in [0.15, 0.2) is 18.3 Å². The van der Waals surface area contributed by atoms with Gasteiger partial charge in [0.2, 0.25) is 0 Å². The molecule has 1 aromatic carbocycles. The van der Waals surface area contributed by atoms with E-state index in [0.717, 1.165) is 0 Å². The highest BCUT2D eigenvalue weighted by Crippen LogP contribution is 2.29. The van der Waals surface area contributed by atoms with E-state index < -0.39 is 34.7 Å². The molecule has 0 aliphatic heterocycles. The van der Waals surface area contributed by atoms with E-state index in [4.69, 9.17) is 16.7 Å². The van der Waals surface area contributed by atoms with Crippen LogP contribution in [0.3, 0.4) is 0 Å². The second-order valence-electron chi connectivity index (χ2n) is 4.16. The summed E-state index contributed by atoms with van der Waals surface area (Å²) in [7, 11) is 0. The van der Waals surface area contributed by atoms with Gasteiger partial charge in [-0.1, -0.05) is 11.6 Å². The third-order valence-corrected chi connectivity index (χ3v) is 2.89. The molecule has 0 aliphatic rings. The lowest BCUT2D eigenvalue weighted by atomic mass is 10.1. The molecule has 21 heavy (non-hydrogen) atoms. The monoisotopic (exact) mass is 316 g/mol. The maximum absolute atomic E-state index is 13.8. The number of carbonyl (C=O) groups is 1. The first kappa shape index (κ1) is 15.1.